The number of hydrazone groups is 1. The highest BCUT2D eigenvalue weighted by Crippen LogP contribution is 2.29. The highest BCUT2D eigenvalue weighted by atomic mass is 16.5. The molecule has 4 heterocycles. The molecule has 4 aromatic rings. The van der Waals surface area contributed by atoms with Gasteiger partial charge in [0, 0.05) is 36.8 Å². The topological polar surface area (TPSA) is 103 Å². The zero-order valence-corrected chi connectivity index (χ0v) is 21.4. The van der Waals surface area contributed by atoms with Crippen LogP contribution in [0.1, 0.15) is 61.0 Å². The molecule has 2 aliphatic rings. The fraction of sp³-hybridized carbons (Fsp3) is 0.345. The van der Waals surface area contributed by atoms with Gasteiger partial charge in [0.05, 0.1) is 24.0 Å². The van der Waals surface area contributed by atoms with Crippen LogP contribution in [0.15, 0.2) is 64.6 Å². The van der Waals surface area contributed by atoms with Crippen LogP contribution in [0.5, 0.6) is 0 Å². The Morgan fingerprint density at radius 2 is 1.87 bits per heavy atom. The molecule has 1 N–H and O–H groups in total. The predicted octanol–water partition coefficient (Wildman–Crippen LogP) is 3.68. The number of fused-ring (bicyclic) bond motifs is 1. The van der Waals surface area contributed by atoms with Crippen LogP contribution in [-0.2, 0) is 22.4 Å². The highest BCUT2D eigenvalue weighted by molar-refractivity contribution is 6.16. The summed E-state index contributed by atoms with van der Waals surface area (Å²) in [4.78, 5) is 26.1. The second-order valence-electron chi connectivity index (χ2n) is 9.89. The van der Waals surface area contributed by atoms with E-state index < -0.39 is 0 Å². The average molecular weight is 511 g/mol. The van der Waals surface area contributed by atoms with E-state index in [1.54, 1.807) is 6.20 Å². The summed E-state index contributed by atoms with van der Waals surface area (Å²) in [7, 11) is 0. The maximum atomic E-state index is 14.1. The van der Waals surface area contributed by atoms with Gasteiger partial charge in [0.15, 0.2) is 5.65 Å². The zero-order chi connectivity index (χ0) is 26.1. The lowest BCUT2D eigenvalue weighted by Gasteiger charge is -2.26. The van der Waals surface area contributed by atoms with Gasteiger partial charge in [-0.05, 0) is 42.0 Å². The molecule has 0 aliphatic carbocycles. The summed E-state index contributed by atoms with van der Waals surface area (Å²) in [5, 5.41) is 12.9. The van der Waals surface area contributed by atoms with Crippen molar-refractivity contribution in [2.45, 2.75) is 51.5 Å². The second kappa shape index (κ2) is 10.3. The number of benzene rings is 2. The van der Waals surface area contributed by atoms with E-state index in [1.165, 1.54) is 0 Å². The molecule has 1 fully saturated rings. The standard InChI is InChI=1S/C29H30N6O3/c1-2-6-26-24(29(37)34(21-11-13-38-14-12-21)28-18-30-33-35(26)28)16-19-9-10-22(20-7-4-3-5-8-20)23(15-19)25-17-27(36)32-31-25/h3-5,7-10,15,18,21H,2,6,11-14,16-17H2,1H3,(H,32,36). The van der Waals surface area contributed by atoms with Crippen molar-refractivity contribution in [1.29, 1.82) is 0 Å². The third-order valence-electron chi connectivity index (χ3n) is 7.41. The van der Waals surface area contributed by atoms with Crippen LogP contribution in [0.25, 0.3) is 16.8 Å². The SMILES string of the molecule is CCCc1c(Cc2ccc(-c3ccccc3)c(C3=NNC(=O)C3)c2)c(=O)n(C2CCOCC2)c2cnnn12. The molecule has 9 heteroatoms. The average Bonchev–Trinajstić information content (AvgIpc) is 3.61. The van der Waals surface area contributed by atoms with Crippen molar-refractivity contribution in [2.24, 2.45) is 5.10 Å². The maximum absolute atomic E-state index is 14.1. The number of nitrogens with one attached hydrogen (secondary N) is 1. The minimum absolute atomic E-state index is 0.0129. The number of hydrogen-bond acceptors (Lipinski definition) is 6. The number of nitrogens with zero attached hydrogens (tertiary/aromatic N) is 5. The lowest BCUT2D eigenvalue weighted by molar-refractivity contribution is -0.119. The van der Waals surface area contributed by atoms with E-state index in [0.29, 0.717) is 25.3 Å². The number of carbonyl (C=O) groups is 1. The lowest BCUT2D eigenvalue weighted by Crippen LogP contribution is -2.34. The van der Waals surface area contributed by atoms with E-state index in [-0.39, 0.29) is 23.9 Å². The minimum Gasteiger partial charge on any atom is -0.381 e. The number of carbonyl (C=O) groups excluding carboxylic acids is 1. The van der Waals surface area contributed by atoms with Gasteiger partial charge in [-0.15, -0.1) is 5.10 Å². The Hall–Kier alpha value is -4.11. The van der Waals surface area contributed by atoms with Crippen LogP contribution in [0.4, 0.5) is 0 Å². The Balaban J connectivity index is 1.48. The van der Waals surface area contributed by atoms with Gasteiger partial charge in [0.1, 0.15) is 0 Å². The summed E-state index contributed by atoms with van der Waals surface area (Å²) in [6.45, 7) is 3.37. The van der Waals surface area contributed by atoms with Gasteiger partial charge in [-0.3, -0.25) is 14.2 Å². The molecule has 194 valence electrons. The molecular formula is C29H30N6O3. The van der Waals surface area contributed by atoms with Crippen molar-refractivity contribution >= 4 is 17.3 Å². The van der Waals surface area contributed by atoms with Crippen LogP contribution in [0, 0.1) is 0 Å². The van der Waals surface area contributed by atoms with Crippen LogP contribution in [-0.4, -0.2) is 44.2 Å². The maximum Gasteiger partial charge on any atom is 0.257 e. The summed E-state index contributed by atoms with van der Waals surface area (Å²) in [5.74, 6) is -0.120. The van der Waals surface area contributed by atoms with E-state index in [4.69, 9.17) is 4.74 Å². The zero-order valence-electron chi connectivity index (χ0n) is 21.4. The Labute approximate surface area is 220 Å². The Morgan fingerprint density at radius 3 is 2.61 bits per heavy atom. The van der Waals surface area contributed by atoms with Crippen molar-refractivity contribution in [3.8, 4) is 11.1 Å². The Morgan fingerprint density at radius 1 is 1.05 bits per heavy atom. The Bertz CT molecular complexity index is 1580. The molecule has 1 amide bonds. The molecule has 6 rings (SSSR count). The van der Waals surface area contributed by atoms with Crippen molar-refractivity contribution < 1.29 is 9.53 Å². The summed E-state index contributed by atoms with van der Waals surface area (Å²) >= 11 is 0. The van der Waals surface area contributed by atoms with E-state index in [0.717, 1.165) is 64.8 Å². The quantitative estimate of drug-likeness (QED) is 0.409. The molecule has 0 radical (unpaired) electrons. The predicted molar refractivity (Wildman–Crippen MR) is 144 cm³/mol. The number of rotatable bonds is 7. The van der Waals surface area contributed by atoms with Crippen molar-refractivity contribution in [2.75, 3.05) is 13.2 Å². The summed E-state index contributed by atoms with van der Waals surface area (Å²) in [6, 6.07) is 16.3. The Kier molecular flexibility index (Phi) is 6.59. The molecule has 2 aliphatic heterocycles. The largest absolute Gasteiger partial charge is 0.381 e. The first-order valence-corrected chi connectivity index (χ1v) is 13.2. The third-order valence-corrected chi connectivity index (χ3v) is 7.41. The molecule has 2 aromatic carbocycles. The molecule has 0 saturated carbocycles. The number of hydrogen-bond donors (Lipinski definition) is 1. The van der Waals surface area contributed by atoms with Crippen molar-refractivity contribution in [3.63, 3.8) is 0 Å². The molecule has 0 spiro atoms. The van der Waals surface area contributed by atoms with Gasteiger partial charge in [-0.1, -0.05) is 61.0 Å². The second-order valence-corrected chi connectivity index (χ2v) is 9.89. The molecule has 0 atom stereocenters. The summed E-state index contributed by atoms with van der Waals surface area (Å²) in [5.41, 5.74) is 9.60. The van der Waals surface area contributed by atoms with Gasteiger partial charge < -0.3 is 4.74 Å². The van der Waals surface area contributed by atoms with Gasteiger partial charge in [-0.25, -0.2) is 9.94 Å². The van der Waals surface area contributed by atoms with Gasteiger partial charge >= 0.3 is 0 Å². The first kappa shape index (κ1) is 24.2. The molecule has 2 aromatic heterocycles. The fourth-order valence-electron chi connectivity index (χ4n) is 5.58. The number of ether oxygens (including phenoxy) is 1. The number of aromatic nitrogens is 4. The van der Waals surface area contributed by atoms with E-state index in [2.05, 4.69) is 46.0 Å². The third kappa shape index (κ3) is 4.43. The van der Waals surface area contributed by atoms with Gasteiger partial charge in [0.2, 0.25) is 5.91 Å². The normalized spacial score (nSPS) is 16.1. The van der Waals surface area contributed by atoms with E-state index in [9.17, 15) is 9.59 Å². The monoisotopic (exact) mass is 510 g/mol. The van der Waals surface area contributed by atoms with Crippen molar-refractivity contribution in [1.82, 2.24) is 24.8 Å². The lowest BCUT2D eigenvalue weighted by atomic mass is 9.91. The summed E-state index contributed by atoms with van der Waals surface area (Å²) < 4.78 is 9.29. The van der Waals surface area contributed by atoms with E-state index >= 15 is 0 Å². The first-order chi connectivity index (χ1) is 18.6. The minimum atomic E-state index is -0.120. The van der Waals surface area contributed by atoms with Crippen LogP contribution >= 0.6 is 0 Å². The van der Waals surface area contributed by atoms with Gasteiger partial charge in [0.25, 0.3) is 5.56 Å². The highest BCUT2D eigenvalue weighted by Gasteiger charge is 2.25. The molecule has 1 saturated heterocycles. The molecule has 0 bridgehead atoms. The van der Waals surface area contributed by atoms with Gasteiger partial charge in [-0.2, -0.15) is 5.10 Å². The molecule has 38 heavy (non-hydrogen) atoms. The number of aryl methyl sites for hydroxylation is 1. The van der Waals surface area contributed by atoms with Crippen molar-refractivity contribution in [3.05, 3.63) is 87.5 Å². The van der Waals surface area contributed by atoms with Crippen LogP contribution in [0.3, 0.4) is 0 Å². The first-order valence-electron chi connectivity index (χ1n) is 13.2. The van der Waals surface area contributed by atoms with Crippen LogP contribution < -0.4 is 11.0 Å². The smallest absolute Gasteiger partial charge is 0.257 e. The molecule has 0 unspecified atom stereocenters. The van der Waals surface area contributed by atoms with E-state index in [1.807, 2.05) is 39.4 Å². The summed E-state index contributed by atoms with van der Waals surface area (Å²) in [6.07, 6.45) is 5.53. The molecule has 9 nitrogen and oxygen atoms in total. The molecular weight excluding hydrogens is 480 g/mol. The fourth-order valence-corrected chi connectivity index (χ4v) is 5.58. The number of amides is 1. The van der Waals surface area contributed by atoms with Crippen LogP contribution in [0.2, 0.25) is 0 Å².